The van der Waals surface area contributed by atoms with Crippen LogP contribution in [0.1, 0.15) is 44.7 Å². The minimum Gasteiger partial charge on any atom is -0.458 e. The Balaban J connectivity index is 2.46. The van der Waals surface area contributed by atoms with E-state index in [1.807, 2.05) is 81.4 Å². The Morgan fingerprint density at radius 1 is 1.04 bits per heavy atom. The normalized spacial score (nSPS) is 11.9. The maximum Gasteiger partial charge on any atom is 0.331 e. The molecule has 1 atom stereocenters. The zero-order valence-electron chi connectivity index (χ0n) is 15.5. The maximum atomic E-state index is 12.6. The van der Waals surface area contributed by atoms with Crippen LogP contribution in [-0.4, -0.2) is 23.3 Å². The highest BCUT2D eigenvalue weighted by Gasteiger charge is 2.25. The van der Waals surface area contributed by atoms with Crippen LogP contribution in [0.2, 0.25) is 0 Å². The van der Waals surface area contributed by atoms with E-state index in [0.29, 0.717) is 6.42 Å². The molecule has 2 rings (SSSR count). The quantitative estimate of drug-likeness (QED) is 0.569. The van der Waals surface area contributed by atoms with Crippen LogP contribution in [-0.2, 0) is 9.53 Å². The van der Waals surface area contributed by atoms with Crippen LogP contribution < -0.4 is 0 Å². The van der Waals surface area contributed by atoms with E-state index in [1.54, 1.807) is 0 Å². The fourth-order valence-electron chi connectivity index (χ4n) is 2.47. The molecule has 0 aromatic heterocycles. The van der Waals surface area contributed by atoms with Gasteiger partial charge < -0.3 is 4.74 Å². The first-order valence-corrected chi connectivity index (χ1v) is 8.69. The Hall–Kier alpha value is -2.93. The molecule has 0 spiro atoms. The predicted octanol–water partition coefficient (Wildman–Crippen LogP) is 4.54. The summed E-state index contributed by atoms with van der Waals surface area (Å²) in [7, 11) is 0. The number of ether oxygens (including phenoxy) is 1. The molecule has 0 saturated heterocycles. The highest BCUT2D eigenvalue weighted by Crippen LogP contribution is 2.17. The molecule has 0 saturated carbocycles. The van der Waals surface area contributed by atoms with Crippen LogP contribution in [0.4, 0.5) is 0 Å². The van der Waals surface area contributed by atoms with Crippen LogP contribution >= 0.6 is 0 Å². The van der Waals surface area contributed by atoms with Gasteiger partial charge >= 0.3 is 5.97 Å². The predicted molar refractivity (Wildman–Crippen MR) is 103 cm³/mol. The lowest BCUT2D eigenvalue weighted by Crippen LogP contribution is -2.31. The van der Waals surface area contributed by atoms with Crippen LogP contribution in [0, 0.1) is 11.3 Å². The van der Waals surface area contributed by atoms with Crippen molar-refractivity contribution >= 4 is 11.7 Å². The summed E-state index contributed by atoms with van der Waals surface area (Å²) in [5.41, 5.74) is 1.96. The second-order valence-electron chi connectivity index (χ2n) is 6.96. The van der Waals surface area contributed by atoms with Gasteiger partial charge in [0.05, 0.1) is 11.8 Å². The van der Waals surface area contributed by atoms with Crippen LogP contribution in [0.5, 0.6) is 0 Å². The molecule has 0 bridgehead atoms. The number of rotatable bonds is 6. The van der Waals surface area contributed by atoms with Gasteiger partial charge in [0.1, 0.15) is 11.6 Å². The summed E-state index contributed by atoms with van der Waals surface area (Å²) in [6.07, 6.45) is 0.568. The van der Waals surface area contributed by atoms with Crippen molar-refractivity contribution in [2.45, 2.75) is 45.3 Å². The first kappa shape index (κ1) is 19.4. The molecule has 0 N–H and O–H groups in total. The molecule has 134 valence electrons. The molecule has 0 aliphatic rings. The van der Waals surface area contributed by atoms with Gasteiger partial charge in [0.2, 0.25) is 0 Å². The molecule has 0 fully saturated rings. The lowest BCUT2D eigenvalue weighted by Gasteiger charge is -2.22. The fraction of sp³-hybridized carbons (Fsp3) is 0.318. The molecule has 26 heavy (non-hydrogen) atoms. The summed E-state index contributed by atoms with van der Waals surface area (Å²) < 4.78 is 5.51. The summed E-state index contributed by atoms with van der Waals surface area (Å²) in [6, 6.07) is 20.8. The van der Waals surface area contributed by atoms with E-state index in [0.717, 1.165) is 16.8 Å². The zero-order chi connectivity index (χ0) is 19.0. The molecule has 0 aliphatic carbocycles. The van der Waals surface area contributed by atoms with Crippen molar-refractivity contribution in [3.05, 3.63) is 71.8 Å². The lowest BCUT2D eigenvalue weighted by molar-refractivity contribution is -0.156. The van der Waals surface area contributed by atoms with Crippen molar-refractivity contribution in [3.63, 3.8) is 0 Å². The third-order valence-corrected chi connectivity index (χ3v) is 3.59. The Morgan fingerprint density at radius 2 is 1.54 bits per heavy atom. The van der Waals surface area contributed by atoms with Gasteiger partial charge in [-0.25, -0.2) is 4.79 Å². The minimum atomic E-state index is -0.718. The van der Waals surface area contributed by atoms with E-state index in [2.05, 4.69) is 6.07 Å². The van der Waals surface area contributed by atoms with Gasteiger partial charge in [0.15, 0.2) is 0 Å². The molecule has 4 nitrogen and oxygen atoms in total. The number of carbonyl (C=O) groups excluding carboxylic acids is 1. The second kappa shape index (κ2) is 8.96. The SMILES string of the molecule is CC(C)(C)OC(=O)C(CCC#N)N=C(c1ccccc1)c1ccccc1. The second-order valence-corrected chi connectivity index (χ2v) is 6.96. The van der Waals surface area contributed by atoms with E-state index in [4.69, 9.17) is 15.0 Å². The summed E-state index contributed by atoms with van der Waals surface area (Å²) >= 11 is 0. The molecule has 0 amide bonds. The van der Waals surface area contributed by atoms with Gasteiger partial charge in [-0.3, -0.25) is 4.99 Å². The van der Waals surface area contributed by atoms with Crippen LogP contribution in [0.3, 0.4) is 0 Å². The third-order valence-electron chi connectivity index (χ3n) is 3.59. The summed E-state index contributed by atoms with van der Waals surface area (Å²) in [5.74, 6) is -0.405. The van der Waals surface area contributed by atoms with Crippen molar-refractivity contribution in [2.24, 2.45) is 4.99 Å². The Morgan fingerprint density at radius 3 is 1.96 bits per heavy atom. The smallest absolute Gasteiger partial charge is 0.331 e. The number of aliphatic imine (C=N–C) groups is 1. The average molecular weight is 348 g/mol. The molecule has 4 heteroatoms. The van der Waals surface area contributed by atoms with Crippen molar-refractivity contribution in [3.8, 4) is 6.07 Å². The highest BCUT2D eigenvalue weighted by atomic mass is 16.6. The lowest BCUT2D eigenvalue weighted by atomic mass is 10.0. The minimum absolute atomic E-state index is 0.240. The largest absolute Gasteiger partial charge is 0.458 e. The van der Waals surface area contributed by atoms with Gasteiger partial charge in [-0.15, -0.1) is 0 Å². The van der Waals surface area contributed by atoms with Gasteiger partial charge in [-0.1, -0.05) is 60.7 Å². The number of nitrogens with zero attached hydrogens (tertiary/aromatic N) is 2. The van der Waals surface area contributed by atoms with Crippen molar-refractivity contribution in [1.82, 2.24) is 0 Å². The van der Waals surface area contributed by atoms with Crippen molar-refractivity contribution in [2.75, 3.05) is 0 Å². The van der Waals surface area contributed by atoms with Gasteiger partial charge in [-0.2, -0.15) is 5.26 Å². The number of hydrogen-bond donors (Lipinski definition) is 0. The van der Waals surface area contributed by atoms with Crippen molar-refractivity contribution in [1.29, 1.82) is 5.26 Å². The summed E-state index contributed by atoms with van der Waals surface area (Å²) in [4.78, 5) is 17.4. The highest BCUT2D eigenvalue weighted by molar-refractivity contribution is 6.13. The molecule has 2 aromatic rings. The topological polar surface area (TPSA) is 62.5 Å². The van der Waals surface area contributed by atoms with E-state index < -0.39 is 17.6 Å². The summed E-state index contributed by atoms with van der Waals surface area (Å²) in [5, 5.41) is 8.95. The van der Waals surface area contributed by atoms with E-state index >= 15 is 0 Å². The van der Waals surface area contributed by atoms with Crippen LogP contribution in [0.15, 0.2) is 65.7 Å². The van der Waals surface area contributed by atoms with Gasteiger partial charge in [0, 0.05) is 17.5 Å². The molecule has 1 unspecified atom stereocenters. The first-order chi connectivity index (χ1) is 12.4. The Kier molecular flexibility index (Phi) is 6.68. The third kappa shape index (κ3) is 5.86. The molecule has 2 aromatic carbocycles. The number of nitriles is 1. The Bertz CT molecular complexity index is 743. The monoisotopic (exact) mass is 348 g/mol. The van der Waals surface area contributed by atoms with E-state index in [-0.39, 0.29) is 6.42 Å². The molecular formula is C22H24N2O2. The van der Waals surface area contributed by atoms with Crippen molar-refractivity contribution < 1.29 is 9.53 Å². The summed E-state index contributed by atoms with van der Waals surface area (Å²) in [6.45, 7) is 5.47. The molecular weight excluding hydrogens is 324 g/mol. The number of hydrogen-bond acceptors (Lipinski definition) is 4. The van der Waals surface area contributed by atoms with Gasteiger partial charge in [-0.05, 0) is 27.2 Å². The molecule has 0 heterocycles. The fourth-order valence-corrected chi connectivity index (χ4v) is 2.47. The maximum absolute atomic E-state index is 12.6. The van der Waals surface area contributed by atoms with E-state index in [9.17, 15) is 4.79 Å². The number of carbonyl (C=O) groups is 1. The van der Waals surface area contributed by atoms with Gasteiger partial charge in [0.25, 0.3) is 0 Å². The van der Waals surface area contributed by atoms with E-state index in [1.165, 1.54) is 0 Å². The molecule has 0 radical (unpaired) electrons. The Labute approximate surface area is 155 Å². The standard InChI is InChI=1S/C22H24N2O2/c1-22(2,3)26-21(25)19(15-10-16-23)24-20(17-11-6-4-7-12-17)18-13-8-5-9-14-18/h4-9,11-14,19H,10,15H2,1-3H3. The van der Waals surface area contributed by atoms with Crippen LogP contribution in [0.25, 0.3) is 0 Å². The number of esters is 1. The number of benzene rings is 2. The average Bonchev–Trinajstić information content (AvgIpc) is 2.62. The zero-order valence-corrected chi connectivity index (χ0v) is 15.5. The first-order valence-electron chi connectivity index (χ1n) is 8.69. The molecule has 0 aliphatic heterocycles.